The van der Waals surface area contributed by atoms with Crippen LogP contribution >= 0.6 is 39.1 Å². The number of fused-ring (bicyclic) bond motifs is 1. The van der Waals surface area contributed by atoms with E-state index in [9.17, 15) is 22.8 Å². The van der Waals surface area contributed by atoms with Gasteiger partial charge < -0.3 is 10.6 Å². The molecule has 1 aliphatic carbocycles. The maximum Gasteiger partial charge on any atom is 0.246 e. The number of nitrogens with zero attached hydrogens (tertiary/aromatic N) is 2. The van der Waals surface area contributed by atoms with Crippen LogP contribution in [0, 0.1) is 0 Å². The van der Waals surface area contributed by atoms with E-state index in [1.165, 1.54) is 23.1 Å². The van der Waals surface area contributed by atoms with Crippen LogP contribution in [0.25, 0.3) is 0 Å². The van der Waals surface area contributed by atoms with E-state index < -0.39 is 38.7 Å². The molecule has 2 aromatic carbocycles. The number of piperazine rings is 1. The Kier molecular flexibility index (Phi) is 6.81. The predicted octanol–water partition coefficient (Wildman–Crippen LogP) is 2.48. The highest BCUT2D eigenvalue weighted by molar-refractivity contribution is 9.10. The summed E-state index contributed by atoms with van der Waals surface area (Å²) in [6.07, 6.45) is 1.12. The average Bonchev–Trinajstić information content (AvgIpc) is 3.67. The highest BCUT2D eigenvalue weighted by Gasteiger charge is 2.64. The molecule has 2 aromatic rings. The number of nitrogens with one attached hydrogen (secondary N) is 1. The Balaban J connectivity index is 1.71. The lowest BCUT2D eigenvalue weighted by atomic mass is 9.96. The second-order valence-electron chi connectivity index (χ2n) is 9.47. The molecule has 3 amide bonds. The van der Waals surface area contributed by atoms with Crippen LogP contribution in [0.1, 0.15) is 24.8 Å². The molecular weight excluding hydrogens is 607 g/mol. The maximum absolute atomic E-state index is 14.4. The first kappa shape index (κ1) is 26.4. The molecular formula is C24H23BrCl2N4O5S. The monoisotopic (exact) mass is 628 g/mol. The molecule has 5 rings (SSSR count). The zero-order valence-corrected chi connectivity index (χ0v) is 23.3. The van der Waals surface area contributed by atoms with Crippen LogP contribution in [0.5, 0.6) is 0 Å². The largest absolute Gasteiger partial charge is 0.368 e. The normalized spacial score (nSPS) is 26.2. The molecule has 3 aliphatic rings. The van der Waals surface area contributed by atoms with Gasteiger partial charge in [-0.2, -0.15) is 0 Å². The fourth-order valence-electron chi connectivity index (χ4n) is 5.08. The van der Waals surface area contributed by atoms with Crippen molar-refractivity contribution in [1.82, 2.24) is 15.1 Å². The van der Waals surface area contributed by atoms with Crippen molar-refractivity contribution >= 4 is 66.7 Å². The number of carbonyl (C=O) groups excluding carboxylic acids is 3. The third-order valence-corrected chi connectivity index (χ3v) is 10.5. The summed E-state index contributed by atoms with van der Waals surface area (Å²) in [6.45, 7) is -0.371. The highest BCUT2D eigenvalue weighted by Crippen LogP contribution is 2.43. The van der Waals surface area contributed by atoms with E-state index in [1.54, 1.807) is 24.3 Å². The minimum atomic E-state index is -4.53. The molecule has 1 saturated carbocycles. The molecule has 13 heteroatoms. The second-order valence-corrected chi connectivity index (χ2v) is 13.4. The van der Waals surface area contributed by atoms with Gasteiger partial charge >= 0.3 is 0 Å². The van der Waals surface area contributed by atoms with Gasteiger partial charge in [0.05, 0.1) is 28.9 Å². The van der Waals surface area contributed by atoms with Gasteiger partial charge in [-0.1, -0.05) is 51.3 Å². The molecule has 3 unspecified atom stereocenters. The summed E-state index contributed by atoms with van der Waals surface area (Å²) in [7, 11) is -4.53. The number of carbonyl (C=O) groups is 3. The zero-order valence-electron chi connectivity index (χ0n) is 19.4. The number of sulfone groups is 1. The summed E-state index contributed by atoms with van der Waals surface area (Å²) in [5.74, 6) is -1.88. The van der Waals surface area contributed by atoms with Crippen LogP contribution in [-0.2, 0) is 30.6 Å². The van der Waals surface area contributed by atoms with Gasteiger partial charge in [-0.15, -0.1) is 0 Å². The van der Waals surface area contributed by atoms with Crippen molar-refractivity contribution in [2.45, 2.75) is 53.7 Å². The molecule has 3 N–H and O–H groups in total. The summed E-state index contributed by atoms with van der Waals surface area (Å²) < 4.78 is 29.7. The van der Waals surface area contributed by atoms with Gasteiger partial charge in [-0.05, 0) is 48.7 Å². The Labute approximate surface area is 232 Å². The Morgan fingerprint density at radius 3 is 2.41 bits per heavy atom. The van der Waals surface area contributed by atoms with Crippen LogP contribution in [0.15, 0.2) is 51.8 Å². The molecule has 37 heavy (non-hydrogen) atoms. The fraction of sp³-hybridized carbons (Fsp3) is 0.375. The quantitative estimate of drug-likeness (QED) is 0.505. The van der Waals surface area contributed by atoms with Gasteiger partial charge in [0, 0.05) is 22.0 Å². The van der Waals surface area contributed by atoms with E-state index in [1.807, 2.05) is 0 Å². The molecule has 0 aromatic heterocycles. The number of benzene rings is 2. The van der Waals surface area contributed by atoms with Crippen molar-refractivity contribution < 1.29 is 22.8 Å². The maximum atomic E-state index is 14.4. The van der Waals surface area contributed by atoms with Crippen LogP contribution in [0.4, 0.5) is 0 Å². The summed E-state index contributed by atoms with van der Waals surface area (Å²) in [5.41, 5.74) is 6.29. The molecule has 2 aliphatic heterocycles. The first-order chi connectivity index (χ1) is 17.4. The molecule has 0 radical (unpaired) electrons. The lowest BCUT2D eigenvalue weighted by Gasteiger charge is -2.56. The van der Waals surface area contributed by atoms with Gasteiger partial charge in [0.1, 0.15) is 6.04 Å². The van der Waals surface area contributed by atoms with E-state index >= 15 is 0 Å². The summed E-state index contributed by atoms with van der Waals surface area (Å²) in [6, 6.07) is 8.58. The average molecular weight is 630 g/mol. The van der Waals surface area contributed by atoms with E-state index in [4.69, 9.17) is 28.9 Å². The number of hydrogen-bond acceptors (Lipinski definition) is 6. The predicted molar refractivity (Wildman–Crippen MR) is 140 cm³/mol. The lowest BCUT2D eigenvalue weighted by Crippen LogP contribution is -2.82. The third-order valence-electron chi connectivity index (χ3n) is 7.00. The molecule has 3 atom stereocenters. The first-order valence-corrected chi connectivity index (χ1v) is 14.6. The summed E-state index contributed by atoms with van der Waals surface area (Å²) in [4.78, 5) is 39.8. The van der Waals surface area contributed by atoms with E-state index in [-0.39, 0.29) is 46.3 Å². The van der Waals surface area contributed by atoms with Crippen molar-refractivity contribution in [3.63, 3.8) is 0 Å². The molecule has 3 fully saturated rings. The number of primary amides is 1. The van der Waals surface area contributed by atoms with Gasteiger partial charge in [-0.25, -0.2) is 8.42 Å². The van der Waals surface area contributed by atoms with E-state index in [0.717, 1.165) is 14.9 Å². The van der Waals surface area contributed by atoms with Crippen LogP contribution < -0.4 is 11.1 Å². The number of halogens is 3. The Morgan fingerprint density at radius 2 is 1.81 bits per heavy atom. The highest BCUT2D eigenvalue weighted by atomic mass is 79.9. The van der Waals surface area contributed by atoms with Crippen LogP contribution in [0.3, 0.4) is 0 Å². The van der Waals surface area contributed by atoms with Crippen molar-refractivity contribution in [3.05, 3.63) is 62.5 Å². The van der Waals surface area contributed by atoms with E-state index in [0.29, 0.717) is 12.8 Å². The lowest BCUT2D eigenvalue weighted by molar-refractivity contribution is -0.166. The minimum Gasteiger partial charge on any atom is -0.368 e. The smallest absolute Gasteiger partial charge is 0.246 e. The molecule has 0 spiro atoms. The molecule has 2 saturated heterocycles. The number of hydrogen-bond donors (Lipinski definition) is 2. The van der Waals surface area contributed by atoms with Crippen molar-refractivity contribution in [1.29, 1.82) is 0 Å². The van der Waals surface area contributed by atoms with E-state index in [2.05, 4.69) is 21.2 Å². The molecule has 2 heterocycles. The minimum absolute atomic E-state index is 0.0790. The standard InChI is InChI=1S/C24H23BrCl2N4O5S/c25-14-3-1-13(2-4-14)9-19-23(34)30(16-6-7-16)12-24(29-18(22(28)33)11-21(32)31(19)24)37(35,36)20-8-5-15(26)10-17(20)27/h1-5,8,10,16,18-19,29H,6-7,9,11-12H2,(H2,28,33). The van der Waals surface area contributed by atoms with Crippen molar-refractivity contribution in [2.75, 3.05) is 6.54 Å². The van der Waals surface area contributed by atoms with Crippen molar-refractivity contribution in [2.24, 2.45) is 5.73 Å². The number of amides is 3. The van der Waals surface area contributed by atoms with Crippen molar-refractivity contribution in [3.8, 4) is 0 Å². The van der Waals surface area contributed by atoms with Gasteiger partial charge in [-0.3, -0.25) is 24.6 Å². The number of nitrogens with two attached hydrogens (primary N) is 1. The molecule has 9 nitrogen and oxygen atoms in total. The summed E-state index contributed by atoms with van der Waals surface area (Å²) in [5, 5.41) is 2.97. The second kappa shape index (κ2) is 9.53. The number of rotatable bonds is 6. The molecule has 196 valence electrons. The topological polar surface area (TPSA) is 130 Å². The Morgan fingerprint density at radius 1 is 1.14 bits per heavy atom. The Hall–Kier alpha value is -2.18. The van der Waals surface area contributed by atoms with Gasteiger partial charge in [0.2, 0.25) is 32.6 Å². The summed E-state index contributed by atoms with van der Waals surface area (Å²) >= 11 is 15.7. The van der Waals surface area contributed by atoms with Crippen LogP contribution in [0.2, 0.25) is 10.0 Å². The SMILES string of the molecule is NC(=O)C1CC(=O)N2C(Cc3ccc(Br)cc3)C(=O)N(C3CC3)CC2(S(=O)(=O)c2ccc(Cl)cc2Cl)N1. The first-order valence-electron chi connectivity index (χ1n) is 11.6. The zero-order chi connectivity index (χ0) is 26.7. The van der Waals surface area contributed by atoms with Gasteiger partial charge in [0.15, 0.2) is 0 Å². The van der Waals surface area contributed by atoms with Gasteiger partial charge in [0.25, 0.3) is 0 Å². The molecule has 0 bridgehead atoms. The fourth-order valence-corrected chi connectivity index (χ4v) is 8.08. The Bertz CT molecular complexity index is 1400. The van der Waals surface area contributed by atoms with Crippen LogP contribution in [-0.4, -0.2) is 65.6 Å². The third kappa shape index (κ3) is 4.54.